The van der Waals surface area contributed by atoms with Gasteiger partial charge in [-0.05, 0) is 19.2 Å². The van der Waals surface area contributed by atoms with E-state index in [2.05, 4.69) is 24.1 Å². The van der Waals surface area contributed by atoms with E-state index >= 15 is 0 Å². The van der Waals surface area contributed by atoms with Crippen molar-refractivity contribution >= 4 is 11.2 Å². The van der Waals surface area contributed by atoms with Crippen molar-refractivity contribution in [3.05, 3.63) is 23.3 Å². The number of hydrogen-bond acceptors (Lipinski definition) is 2. The maximum atomic E-state index is 5.51. The smallest absolute Gasteiger partial charge is 0.132 e. The van der Waals surface area contributed by atoms with E-state index in [9.17, 15) is 0 Å². The number of furan rings is 2. The summed E-state index contributed by atoms with van der Waals surface area (Å²) in [5.41, 5.74) is 4.98. The number of benzene rings is 1. The third-order valence-corrected chi connectivity index (χ3v) is 2.42. The van der Waals surface area contributed by atoms with Crippen molar-refractivity contribution in [2.24, 2.45) is 0 Å². The summed E-state index contributed by atoms with van der Waals surface area (Å²) >= 11 is 0. The lowest BCUT2D eigenvalue weighted by Gasteiger charge is -2.03. The summed E-state index contributed by atoms with van der Waals surface area (Å²) in [6, 6.07) is 4.13. The Morgan fingerprint density at radius 1 is 1.18 bits per heavy atom. The van der Waals surface area contributed by atoms with Crippen LogP contribution in [0.1, 0.15) is 11.1 Å². The van der Waals surface area contributed by atoms with Gasteiger partial charge in [0.1, 0.15) is 11.2 Å². The molecule has 1 aliphatic heterocycles. The minimum atomic E-state index is 1.05. The molecule has 0 aliphatic carbocycles. The van der Waals surface area contributed by atoms with Gasteiger partial charge in [0.15, 0.2) is 0 Å². The molecule has 2 bridgehead atoms. The molecule has 3 rings (SSSR count). The lowest BCUT2D eigenvalue weighted by Crippen LogP contribution is -2.07. The van der Waals surface area contributed by atoms with E-state index in [1.807, 2.05) is 0 Å². The van der Waals surface area contributed by atoms with Crippen molar-refractivity contribution in [1.29, 1.82) is 0 Å². The lowest BCUT2D eigenvalue weighted by atomic mass is 10.1. The van der Waals surface area contributed by atoms with Crippen LogP contribution in [0, 0.1) is 0 Å². The molecule has 56 valence electrons. The topological polar surface area (TPSA) is 16.4 Å². The molecule has 11 heavy (non-hydrogen) atoms. The lowest BCUT2D eigenvalue weighted by molar-refractivity contribution is 0.351. The minimum Gasteiger partial charge on any atom is -0.457 e. The summed E-state index contributed by atoms with van der Waals surface area (Å²) < 4.78 is 5.51. The molecule has 0 aromatic carbocycles. The van der Waals surface area contributed by atoms with Gasteiger partial charge in [-0.15, -0.1) is 0 Å². The highest BCUT2D eigenvalue weighted by Crippen LogP contribution is 2.34. The van der Waals surface area contributed by atoms with Crippen molar-refractivity contribution < 1.29 is 4.42 Å². The van der Waals surface area contributed by atoms with Gasteiger partial charge in [-0.3, -0.25) is 4.90 Å². The molecule has 2 nitrogen and oxygen atoms in total. The molecule has 0 atom stereocenters. The molecular weight excluding hydrogens is 138 g/mol. The number of fused-ring (bicyclic) bond motifs is 5. The Balaban J connectivity index is 2.33. The highest BCUT2D eigenvalue weighted by Gasteiger charge is 2.24. The molecule has 3 heterocycles. The van der Waals surface area contributed by atoms with Crippen molar-refractivity contribution in [1.82, 2.24) is 4.90 Å². The Kier molecular flexibility index (Phi) is 0.809. The van der Waals surface area contributed by atoms with E-state index in [-0.39, 0.29) is 0 Å². The number of nitrogens with zero attached hydrogens (tertiary/aromatic N) is 1. The summed E-state index contributed by atoms with van der Waals surface area (Å²) in [4.78, 5) is 2.31. The average molecular weight is 147 g/mol. The molecule has 0 spiro atoms. The largest absolute Gasteiger partial charge is 0.457 e. The zero-order valence-corrected chi connectivity index (χ0v) is 6.42. The quantitative estimate of drug-likeness (QED) is 0.565. The summed E-state index contributed by atoms with van der Waals surface area (Å²) in [5, 5.41) is 0. The minimum absolute atomic E-state index is 1.05. The van der Waals surface area contributed by atoms with E-state index in [0.29, 0.717) is 0 Å². The zero-order valence-electron chi connectivity index (χ0n) is 6.42. The SMILES string of the molecule is CN1Cc2c(c3ccc2o3)C1. The fourth-order valence-electron chi connectivity index (χ4n) is 1.90. The van der Waals surface area contributed by atoms with Gasteiger partial charge in [-0.25, -0.2) is 0 Å². The van der Waals surface area contributed by atoms with Crippen LogP contribution in [0.15, 0.2) is 16.5 Å². The van der Waals surface area contributed by atoms with Gasteiger partial charge in [0.25, 0.3) is 0 Å². The van der Waals surface area contributed by atoms with Crippen molar-refractivity contribution in [2.75, 3.05) is 7.05 Å². The van der Waals surface area contributed by atoms with Crippen LogP contribution in [0.5, 0.6) is 0 Å². The summed E-state index contributed by atoms with van der Waals surface area (Å²) in [6.45, 7) is 2.11. The van der Waals surface area contributed by atoms with Crippen LogP contribution in [0.4, 0.5) is 0 Å². The van der Waals surface area contributed by atoms with Crippen LogP contribution in [-0.4, -0.2) is 11.9 Å². The van der Waals surface area contributed by atoms with E-state index in [1.165, 1.54) is 11.1 Å². The van der Waals surface area contributed by atoms with E-state index < -0.39 is 0 Å². The standard InChI is InChI=1S/C9H9NO/c1-10-4-6-7(5-10)9-3-2-8(6)11-9/h2-3H,4-5H2,1H3. The van der Waals surface area contributed by atoms with Gasteiger partial charge in [0.05, 0.1) is 0 Å². The molecule has 2 heteroatoms. The maximum Gasteiger partial charge on any atom is 0.132 e. The molecular formula is C9H9NO. The highest BCUT2D eigenvalue weighted by molar-refractivity contribution is 5.72. The summed E-state index contributed by atoms with van der Waals surface area (Å²) in [5.74, 6) is 0. The maximum absolute atomic E-state index is 5.51. The molecule has 0 unspecified atom stereocenters. The van der Waals surface area contributed by atoms with E-state index in [4.69, 9.17) is 4.42 Å². The first-order chi connectivity index (χ1) is 5.34. The molecule has 0 radical (unpaired) electrons. The molecule has 0 N–H and O–H groups in total. The third-order valence-electron chi connectivity index (χ3n) is 2.42. The molecule has 0 amide bonds. The average Bonchev–Trinajstić information content (AvgIpc) is 2.53. The second-order valence-electron chi connectivity index (χ2n) is 3.29. The fraction of sp³-hybridized carbons (Fsp3) is 0.333. The fourth-order valence-corrected chi connectivity index (χ4v) is 1.90. The van der Waals surface area contributed by atoms with Gasteiger partial charge < -0.3 is 4.42 Å². The zero-order chi connectivity index (χ0) is 7.42. The monoisotopic (exact) mass is 147 g/mol. The van der Waals surface area contributed by atoms with Gasteiger partial charge in [0, 0.05) is 24.2 Å². The molecule has 1 aliphatic rings. The van der Waals surface area contributed by atoms with Crippen molar-refractivity contribution in [2.45, 2.75) is 13.1 Å². The Morgan fingerprint density at radius 2 is 1.73 bits per heavy atom. The second-order valence-corrected chi connectivity index (χ2v) is 3.29. The molecule has 2 aromatic heterocycles. The van der Waals surface area contributed by atoms with Crippen LogP contribution < -0.4 is 0 Å². The second kappa shape index (κ2) is 1.59. The Morgan fingerprint density at radius 3 is 2.27 bits per heavy atom. The Labute approximate surface area is 64.7 Å². The van der Waals surface area contributed by atoms with Crippen molar-refractivity contribution in [3.63, 3.8) is 0 Å². The van der Waals surface area contributed by atoms with Crippen LogP contribution >= 0.6 is 0 Å². The Hall–Kier alpha value is -1.02. The molecule has 2 aromatic rings. The van der Waals surface area contributed by atoms with Gasteiger partial charge >= 0.3 is 0 Å². The predicted octanol–water partition coefficient (Wildman–Crippen LogP) is 1.82. The van der Waals surface area contributed by atoms with E-state index in [1.54, 1.807) is 0 Å². The first kappa shape index (κ1) is 5.61. The molecule has 0 saturated heterocycles. The normalized spacial score (nSPS) is 18.3. The van der Waals surface area contributed by atoms with E-state index in [0.717, 1.165) is 24.3 Å². The first-order valence-corrected chi connectivity index (χ1v) is 3.86. The van der Waals surface area contributed by atoms with Crippen LogP contribution in [0.2, 0.25) is 0 Å². The van der Waals surface area contributed by atoms with Crippen molar-refractivity contribution in [3.8, 4) is 0 Å². The molecule has 0 fully saturated rings. The van der Waals surface area contributed by atoms with Gasteiger partial charge in [-0.2, -0.15) is 0 Å². The van der Waals surface area contributed by atoms with Gasteiger partial charge in [-0.1, -0.05) is 0 Å². The summed E-state index contributed by atoms with van der Waals surface area (Å²) in [6.07, 6.45) is 0. The predicted molar refractivity (Wildman–Crippen MR) is 42.6 cm³/mol. The number of hydrogen-bond donors (Lipinski definition) is 0. The Bertz CT molecular complexity index is 355. The van der Waals surface area contributed by atoms with Gasteiger partial charge in [0.2, 0.25) is 0 Å². The van der Waals surface area contributed by atoms with Crippen LogP contribution in [-0.2, 0) is 13.1 Å². The molecule has 0 saturated carbocycles. The first-order valence-electron chi connectivity index (χ1n) is 3.86. The van der Waals surface area contributed by atoms with Crippen LogP contribution in [0.25, 0.3) is 11.2 Å². The van der Waals surface area contributed by atoms with Crippen LogP contribution in [0.3, 0.4) is 0 Å². The summed E-state index contributed by atoms with van der Waals surface area (Å²) in [7, 11) is 2.14. The third kappa shape index (κ3) is 0.559. The highest BCUT2D eigenvalue weighted by atomic mass is 16.3. The number of rotatable bonds is 0.